The molecule has 0 unspecified atom stereocenters. The van der Waals surface area contributed by atoms with E-state index in [1.165, 1.54) is 0 Å². The second-order valence-corrected chi connectivity index (χ2v) is 6.79. The van der Waals surface area contributed by atoms with E-state index < -0.39 is 0 Å². The summed E-state index contributed by atoms with van der Waals surface area (Å²) < 4.78 is 0. The molecule has 6 heteroatoms. The van der Waals surface area contributed by atoms with Gasteiger partial charge >= 0.3 is 0 Å². The Bertz CT molecular complexity index is 403. The number of aromatic nitrogens is 2. The third kappa shape index (κ3) is 5.00. The Morgan fingerprint density at radius 3 is 2.56 bits per heavy atom. The maximum atomic E-state index is 5.76. The van der Waals surface area contributed by atoms with Crippen LogP contribution >= 0.6 is 11.3 Å². The highest BCUT2D eigenvalue weighted by Crippen LogP contribution is 2.25. The Hall–Kier alpha value is -1.17. The van der Waals surface area contributed by atoms with Gasteiger partial charge in [0.15, 0.2) is 5.96 Å². The predicted molar refractivity (Wildman–Crippen MR) is 76.8 cm³/mol. The Kier molecular flexibility index (Phi) is 5.07. The Morgan fingerprint density at radius 1 is 1.39 bits per heavy atom. The van der Waals surface area contributed by atoms with Crippen molar-refractivity contribution in [1.29, 1.82) is 0 Å². The molecule has 0 bridgehead atoms. The molecule has 0 atom stereocenters. The van der Waals surface area contributed by atoms with Crippen LogP contribution in [0.4, 0.5) is 0 Å². The maximum Gasteiger partial charge on any atom is 0.189 e. The van der Waals surface area contributed by atoms with Gasteiger partial charge in [-0.15, -0.1) is 10.2 Å². The summed E-state index contributed by atoms with van der Waals surface area (Å²) in [5.41, 5.74) is 5.80. The summed E-state index contributed by atoms with van der Waals surface area (Å²) in [4.78, 5) is 4.25. The first-order valence-corrected chi connectivity index (χ1v) is 6.97. The third-order valence-corrected chi connectivity index (χ3v) is 3.52. The fraction of sp³-hybridized carbons (Fsp3) is 0.750. The average molecular weight is 269 g/mol. The van der Waals surface area contributed by atoms with Crippen molar-refractivity contribution in [3.05, 3.63) is 10.0 Å². The Labute approximate surface area is 113 Å². The van der Waals surface area contributed by atoms with E-state index in [9.17, 15) is 0 Å². The first-order chi connectivity index (χ1) is 8.29. The van der Waals surface area contributed by atoms with E-state index in [2.05, 4.69) is 55.1 Å². The van der Waals surface area contributed by atoms with Crippen LogP contribution in [-0.4, -0.2) is 22.7 Å². The zero-order valence-electron chi connectivity index (χ0n) is 11.8. The van der Waals surface area contributed by atoms with Crippen LogP contribution in [0.1, 0.15) is 44.6 Å². The summed E-state index contributed by atoms with van der Waals surface area (Å²) in [6.07, 6.45) is 0. The van der Waals surface area contributed by atoms with Gasteiger partial charge in [-0.05, 0) is 5.92 Å². The molecule has 0 fully saturated rings. The van der Waals surface area contributed by atoms with E-state index in [0.717, 1.165) is 16.6 Å². The molecular formula is C12H23N5S. The van der Waals surface area contributed by atoms with Crippen molar-refractivity contribution in [2.24, 2.45) is 16.6 Å². The summed E-state index contributed by atoms with van der Waals surface area (Å²) in [7, 11) is 0. The number of hydrogen-bond acceptors (Lipinski definition) is 4. The molecule has 0 saturated heterocycles. The molecule has 18 heavy (non-hydrogen) atoms. The Morgan fingerprint density at radius 2 is 2.06 bits per heavy atom. The van der Waals surface area contributed by atoms with Gasteiger partial charge in [-0.3, -0.25) is 0 Å². The van der Waals surface area contributed by atoms with Gasteiger partial charge in [0, 0.05) is 12.0 Å². The summed E-state index contributed by atoms with van der Waals surface area (Å²) in [6.45, 7) is 11.9. The molecule has 1 heterocycles. The van der Waals surface area contributed by atoms with Crippen LogP contribution in [0.15, 0.2) is 4.99 Å². The maximum absolute atomic E-state index is 5.76. The predicted octanol–water partition coefficient (Wildman–Crippen LogP) is 1.90. The lowest BCUT2D eigenvalue weighted by molar-refractivity contribution is 0.577. The van der Waals surface area contributed by atoms with Crippen LogP contribution in [0.25, 0.3) is 0 Å². The third-order valence-electron chi connectivity index (χ3n) is 2.18. The highest BCUT2D eigenvalue weighted by atomic mass is 32.1. The lowest BCUT2D eigenvalue weighted by Crippen LogP contribution is -2.34. The molecule has 1 rings (SSSR count). The molecule has 102 valence electrons. The minimum Gasteiger partial charge on any atom is -0.370 e. The van der Waals surface area contributed by atoms with Gasteiger partial charge in [-0.2, -0.15) is 0 Å². The Balaban J connectivity index is 2.53. The van der Waals surface area contributed by atoms with Crippen molar-refractivity contribution in [1.82, 2.24) is 15.5 Å². The van der Waals surface area contributed by atoms with Crippen LogP contribution in [0.5, 0.6) is 0 Å². The lowest BCUT2D eigenvalue weighted by Gasteiger charge is -2.12. The topological polar surface area (TPSA) is 76.2 Å². The quantitative estimate of drug-likeness (QED) is 0.646. The summed E-state index contributed by atoms with van der Waals surface area (Å²) >= 11 is 1.59. The molecule has 0 saturated carbocycles. The van der Waals surface area contributed by atoms with Gasteiger partial charge in [0.25, 0.3) is 0 Å². The van der Waals surface area contributed by atoms with Crippen molar-refractivity contribution in [3.8, 4) is 0 Å². The van der Waals surface area contributed by atoms with Gasteiger partial charge in [-0.25, -0.2) is 4.99 Å². The largest absolute Gasteiger partial charge is 0.370 e. The monoisotopic (exact) mass is 269 g/mol. The van der Waals surface area contributed by atoms with E-state index >= 15 is 0 Å². The molecule has 0 radical (unpaired) electrons. The van der Waals surface area contributed by atoms with Crippen molar-refractivity contribution in [2.75, 3.05) is 6.54 Å². The highest BCUT2D eigenvalue weighted by molar-refractivity contribution is 7.11. The number of hydrogen-bond donors (Lipinski definition) is 2. The average Bonchev–Trinajstić information content (AvgIpc) is 2.71. The fourth-order valence-electron chi connectivity index (χ4n) is 1.14. The van der Waals surface area contributed by atoms with E-state index in [0.29, 0.717) is 18.4 Å². The molecule has 0 aliphatic carbocycles. The number of guanidine groups is 1. The van der Waals surface area contributed by atoms with Crippen molar-refractivity contribution < 1.29 is 0 Å². The number of rotatable bonds is 4. The summed E-state index contributed by atoms with van der Waals surface area (Å²) in [5.74, 6) is 1.02. The van der Waals surface area contributed by atoms with Gasteiger partial charge in [0.1, 0.15) is 10.0 Å². The lowest BCUT2D eigenvalue weighted by atomic mass is 9.98. The minimum absolute atomic E-state index is 0.0427. The number of nitrogens with two attached hydrogens (primary N) is 1. The second kappa shape index (κ2) is 6.13. The molecule has 0 aliphatic rings. The zero-order valence-corrected chi connectivity index (χ0v) is 12.6. The molecule has 5 nitrogen and oxygen atoms in total. The molecular weight excluding hydrogens is 246 g/mol. The molecule has 1 aromatic rings. The van der Waals surface area contributed by atoms with E-state index in [4.69, 9.17) is 5.73 Å². The number of aliphatic imine (C=N–C) groups is 1. The molecule has 0 spiro atoms. The van der Waals surface area contributed by atoms with E-state index in [1.807, 2.05) is 0 Å². The van der Waals surface area contributed by atoms with Crippen LogP contribution in [0, 0.1) is 5.92 Å². The highest BCUT2D eigenvalue weighted by Gasteiger charge is 2.18. The van der Waals surface area contributed by atoms with Crippen molar-refractivity contribution in [2.45, 2.75) is 46.6 Å². The first-order valence-electron chi connectivity index (χ1n) is 6.15. The van der Waals surface area contributed by atoms with Crippen LogP contribution in [-0.2, 0) is 12.0 Å². The minimum atomic E-state index is 0.0427. The van der Waals surface area contributed by atoms with Crippen LogP contribution < -0.4 is 11.1 Å². The smallest absolute Gasteiger partial charge is 0.189 e. The van der Waals surface area contributed by atoms with Crippen LogP contribution in [0.2, 0.25) is 0 Å². The molecule has 3 N–H and O–H groups in total. The molecule has 1 aromatic heterocycles. The number of nitrogens with one attached hydrogen (secondary N) is 1. The fourth-order valence-corrected chi connectivity index (χ4v) is 1.96. The summed E-state index contributed by atoms with van der Waals surface area (Å²) in [6, 6.07) is 0. The van der Waals surface area contributed by atoms with E-state index in [1.54, 1.807) is 11.3 Å². The van der Waals surface area contributed by atoms with Gasteiger partial charge in [-0.1, -0.05) is 46.0 Å². The summed E-state index contributed by atoms with van der Waals surface area (Å²) in [5, 5.41) is 13.3. The van der Waals surface area contributed by atoms with E-state index in [-0.39, 0.29) is 5.41 Å². The van der Waals surface area contributed by atoms with Gasteiger partial charge < -0.3 is 11.1 Å². The van der Waals surface area contributed by atoms with Crippen LogP contribution in [0.3, 0.4) is 0 Å². The van der Waals surface area contributed by atoms with Crippen molar-refractivity contribution in [3.63, 3.8) is 0 Å². The molecule has 0 amide bonds. The standard InChI is InChI=1S/C12H23N5S/c1-8(2)6-14-11(13)15-7-9-16-17-10(18-9)12(3,4)5/h8H,6-7H2,1-5H3,(H3,13,14,15). The normalized spacial score (nSPS) is 13.1. The van der Waals surface area contributed by atoms with Gasteiger partial charge in [0.05, 0.1) is 6.54 Å². The zero-order chi connectivity index (χ0) is 13.8. The van der Waals surface area contributed by atoms with Gasteiger partial charge in [0.2, 0.25) is 0 Å². The first kappa shape index (κ1) is 14.9. The SMILES string of the molecule is CC(C)CNC(N)=NCc1nnc(C(C)(C)C)s1. The van der Waals surface area contributed by atoms with Crippen molar-refractivity contribution >= 4 is 17.3 Å². The second-order valence-electron chi connectivity index (χ2n) is 5.73. The molecule has 0 aliphatic heterocycles. The number of nitrogens with zero attached hydrogens (tertiary/aromatic N) is 3. The molecule has 0 aromatic carbocycles.